The van der Waals surface area contributed by atoms with Crippen molar-refractivity contribution in [3.8, 4) is 0 Å². The summed E-state index contributed by atoms with van der Waals surface area (Å²) in [7, 11) is -1.39. The molecule has 1 fully saturated rings. The van der Waals surface area contributed by atoms with Crippen molar-refractivity contribution in [1.82, 2.24) is 19.4 Å². The maximum Gasteiger partial charge on any atom is 0.416 e. The number of hydrogen-bond donors (Lipinski definition) is 0. The molecule has 1 saturated heterocycles. The summed E-state index contributed by atoms with van der Waals surface area (Å²) in [6, 6.07) is 26.1. The maximum atomic E-state index is 14.4. The minimum atomic E-state index is -4.69. The summed E-state index contributed by atoms with van der Waals surface area (Å²) in [6.07, 6.45) is -1.54. The molecule has 1 unspecified atom stereocenters. The molecule has 3 aromatic carbocycles. The predicted molar refractivity (Wildman–Crippen MR) is 240 cm³/mol. The van der Waals surface area contributed by atoms with E-state index < -0.39 is 43.8 Å². The second kappa shape index (κ2) is 16.7. The Kier molecular flexibility index (Phi) is 11.7. The lowest BCUT2D eigenvalue weighted by molar-refractivity contribution is -0.137. The van der Waals surface area contributed by atoms with Gasteiger partial charge in [-0.3, -0.25) is 19.3 Å². The summed E-state index contributed by atoms with van der Waals surface area (Å²) in [6.45, 7) is 13.1. The highest BCUT2D eigenvalue weighted by molar-refractivity contribution is 6.99. The number of pyridine rings is 1. The van der Waals surface area contributed by atoms with E-state index in [-0.39, 0.29) is 61.2 Å². The predicted octanol–water partition coefficient (Wildman–Crippen LogP) is 7.14. The van der Waals surface area contributed by atoms with Crippen LogP contribution in [0, 0.1) is 12.8 Å². The molecule has 8 rings (SSSR count). The van der Waals surface area contributed by atoms with Crippen LogP contribution in [-0.4, -0.2) is 77.8 Å². The van der Waals surface area contributed by atoms with Crippen LogP contribution in [0.5, 0.6) is 0 Å². The molecule has 63 heavy (non-hydrogen) atoms. The minimum Gasteiger partial charge on any atom is -0.405 e. The van der Waals surface area contributed by atoms with Gasteiger partial charge in [-0.25, -0.2) is 9.97 Å². The van der Waals surface area contributed by atoms with Gasteiger partial charge in [0.1, 0.15) is 17.7 Å². The third-order valence-corrected chi connectivity index (χ3v) is 17.7. The number of likely N-dealkylation sites (N-methyl/N-ethyl adjacent to an activating group) is 1. The molecular weight excluding hydrogens is 847 g/mol. The van der Waals surface area contributed by atoms with Crippen molar-refractivity contribution in [2.45, 2.75) is 77.0 Å². The van der Waals surface area contributed by atoms with Crippen molar-refractivity contribution < 1.29 is 32.0 Å². The van der Waals surface area contributed by atoms with Crippen molar-refractivity contribution in [3.05, 3.63) is 138 Å². The fourth-order valence-corrected chi connectivity index (χ4v) is 14.5. The zero-order valence-electron chi connectivity index (χ0n) is 35.8. The van der Waals surface area contributed by atoms with Crippen molar-refractivity contribution in [1.29, 1.82) is 0 Å². The van der Waals surface area contributed by atoms with E-state index in [0.29, 0.717) is 34.5 Å². The Morgan fingerprint density at radius 3 is 2.24 bits per heavy atom. The summed E-state index contributed by atoms with van der Waals surface area (Å²) >= 11 is 6.93. The lowest BCUT2D eigenvalue weighted by atomic mass is 9.95. The summed E-state index contributed by atoms with van der Waals surface area (Å²) in [4.78, 5) is 57.4. The fourth-order valence-electron chi connectivity index (χ4n) is 9.58. The lowest BCUT2D eigenvalue weighted by Gasteiger charge is -2.45. The number of aromatic nitrogens is 3. The van der Waals surface area contributed by atoms with Crippen LogP contribution in [0.1, 0.15) is 50.0 Å². The Bertz CT molecular complexity index is 2530. The summed E-state index contributed by atoms with van der Waals surface area (Å²) < 4.78 is 51.3. The summed E-state index contributed by atoms with van der Waals surface area (Å²) in [5, 5.41) is 2.34. The first-order valence-electron chi connectivity index (χ1n) is 20.8. The number of nitrogens with zero attached hydrogens (tertiary/aromatic N) is 7. The van der Waals surface area contributed by atoms with E-state index in [4.69, 9.17) is 21.0 Å². The van der Waals surface area contributed by atoms with Gasteiger partial charge in [-0.2, -0.15) is 13.2 Å². The first kappa shape index (κ1) is 43.9. The van der Waals surface area contributed by atoms with Gasteiger partial charge >= 0.3 is 6.18 Å². The first-order valence-corrected chi connectivity index (χ1v) is 23.1. The number of halogens is 4. The van der Waals surface area contributed by atoms with Crippen LogP contribution in [0.4, 0.5) is 30.4 Å². The van der Waals surface area contributed by atoms with Gasteiger partial charge in [0.15, 0.2) is 0 Å². The highest BCUT2D eigenvalue weighted by Gasteiger charge is 2.52. The van der Waals surface area contributed by atoms with Gasteiger partial charge in [0, 0.05) is 44.4 Å². The molecule has 3 atom stereocenters. The van der Waals surface area contributed by atoms with Gasteiger partial charge in [-0.05, 0) is 52.7 Å². The highest BCUT2D eigenvalue weighted by Crippen LogP contribution is 2.44. The Morgan fingerprint density at radius 1 is 0.952 bits per heavy atom. The molecule has 3 aliphatic heterocycles. The monoisotopic (exact) mass is 895 g/mol. The molecule has 5 heterocycles. The number of amides is 3. The van der Waals surface area contributed by atoms with Gasteiger partial charge < -0.3 is 23.7 Å². The van der Waals surface area contributed by atoms with Crippen LogP contribution in [-0.2, 0) is 44.6 Å². The Labute approximate surface area is 370 Å². The number of anilines is 3. The van der Waals surface area contributed by atoms with Gasteiger partial charge in [0.05, 0.1) is 53.4 Å². The van der Waals surface area contributed by atoms with E-state index in [1.807, 2.05) is 52.1 Å². The van der Waals surface area contributed by atoms with Crippen LogP contribution >= 0.6 is 11.6 Å². The number of carbonyl (C=O) groups excluding carboxylic acids is 3. The third-order valence-electron chi connectivity index (χ3n) is 12.4. The lowest BCUT2D eigenvalue weighted by Crippen LogP contribution is -2.67. The van der Waals surface area contributed by atoms with Crippen LogP contribution in [0.2, 0.25) is 10.1 Å². The largest absolute Gasteiger partial charge is 0.416 e. The van der Waals surface area contributed by atoms with Gasteiger partial charge in [0.25, 0.3) is 8.32 Å². The minimum absolute atomic E-state index is 0.0652. The molecule has 328 valence electrons. The van der Waals surface area contributed by atoms with Crippen LogP contribution < -0.4 is 25.1 Å². The molecule has 0 spiro atoms. The van der Waals surface area contributed by atoms with Crippen molar-refractivity contribution >= 4 is 65.2 Å². The summed E-state index contributed by atoms with van der Waals surface area (Å²) in [5.41, 5.74) is 0.776. The average Bonchev–Trinajstić information content (AvgIpc) is 3.80. The maximum absolute atomic E-state index is 14.4. The molecule has 0 saturated carbocycles. The molecule has 3 amide bonds. The molecular formula is C47H49ClF3N7O4Si. The van der Waals surface area contributed by atoms with Crippen molar-refractivity contribution in [2.75, 3.05) is 34.9 Å². The van der Waals surface area contributed by atoms with E-state index in [2.05, 4.69) is 56.6 Å². The van der Waals surface area contributed by atoms with E-state index in [9.17, 15) is 27.6 Å². The van der Waals surface area contributed by atoms with Gasteiger partial charge in [-0.1, -0.05) is 106 Å². The number of rotatable bonds is 9. The number of alkyl halides is 3. The number of para-hydroxylation sites is 1. The number of benzene rings is 3. The Morgan fingerprint density at radius 2 is 1.62 bits per heavy atom. The smallest absolute Gasteiger partial charge is 0.405 e. The SMILES string of the molecule is C=CC(=O)N1Cc2nc(CN3C[C@H]4CC(=O)N(c5cc(C(F)(F)F)cc(C)n5)[C@@H]4C(=O)N(C)c4cccc(Cl)c43)cn2CC1CO[Si](c1ccccc1)(c1ccccc1)C(C)(C)C. The highest BCUT2D eigenvalue weighted by atomic mass is 35.5. The van der Waals surface area contributed by atoms with Crippen LogP contribution in [0.25, 0.3) is 0 Å². The third kappa shape index (κ3) is 8.06. The fraction of sp³-hybridized carbons (Fsp3) is 0.340. The van der Waals surface area contributed by atoms with E-state index in [1.165, 1.54) is 17.9 Å². The number of aryl methyl sites for hydroxylation is 1. The zero-order valence-corrected chi connectivity index (χ0v) is 37.5. The Hall–Kier alpha value is -5.77. The number of fused-ring (bicyclic) bond motifs is 3. The van der Waals surface area contributed by atoms with Crippen molar-refractivity contribution in [3.63, 3.8) is 0 Å². The van der Waals surface area contributed by atoms with Gasteiger partial charge in [0.2, 0.25) is 17.7 Å². The average molecular weight is 896 g/mol. The zero-order chi connectivity index (χ0) is 45.0. The normalized spacial score (nSPS) is 19.3. The van der Waals surface area contributed by atoms with E-state index in [0.717, 1.165) is 27.4 Å². The molecule has 2 aromatic heterocycles. The quantitative estimate of drug-likeness (QED) is 0.115. The second-order valence-electron chi connectivity index (χ2n) is 17.5. The number of carbonyl (C=O) groups is 3. The standard InChI is InChI=1S/C47H49ClF3N7O4Si/c1-7-41(59)57-28-40-53-33(25-55(40)27-34(57)29-62-63(46(3,4)5,35-15-10-8-11-16-35)36-17-12-9-13-18-36)26-56-24-31-22-42(60)58(39-23-32(47(49,50)51)21-30(2)52-39)43(31)45(61)54(6)38-20-14-19-37(48)44(38)56/h7-21,23,25,31,34,43H,1,22,24,26-29H2,2-6H3/t31-,34?,43+/m1/s1. The molecule has 0 aliphatic carbocycles. The Balaban J connectivity index is 1.12. The molecule has 11 nitrogen and oxygen atoms in total. The molecule has 0 radical (unpaired) electrons. The van der Waals surface area contributed by atoms with Crippen LogP contribution in [0.3, 0.4) is 0 Å². The number of imidazole rings is 1. The molecule has 5 aromatic rings. The second-order valence-corrected chi connectivity index (χ2v) is 22.2. The summed E-state index contributed by atoms with van der Waals surface area (Å²) in [5.74, 6) is -1.44. The van der Waals surface area contributed by atoms with Crippen LogP contribution in [0.15, 0.2) is 110 Å². The molecule has 3 aliphatic rings. The topological polar surface area (TPSA) is 104 Å². The van der Waals surface area contributed by atoms with Crippen molar-refractivity contribution in [2.24, 2.45) is 5.92 Å². The molecule has 16 heteroatoms. The van der Waals surface area contributed by atoms with E-state index in [1.54, 1.807) is 30.1 Å². The van der Waals surface area contributed by atoms with E-state index >= 15 is 0 Å². The first-order chi connectivity index (χ1) is 29.9. The number of hydrogen-bond acceptors (Lipinski definition) is 7. The molecule has 0 N–H and O–H groups in total. The van der Waals surface area contributed by atoms with Gasteiger partial charge in [-0.15, -0.1) is 0 Å². The molecule has 0 bridgehead atoms.